The van der Waals surface area contributed by atoms with E-state index >= 15 is 0 Å². The molecule has 0 saturated heterocycles. The quantitative estimate of drug-likeness (QED) is 0.896. The second-order valence-corrected chi connectivity index (χ2v) is 5.75. The second kappa shape index (κ2) is 7.70. The highest BCUT2D eigenvalue weighted by atomic mass is 16.5. The third kappa shape index (κ3) is 4.09. The highest BCUT2D eigenvalue weighted by molar-refractivity contribution is 5.96. The molecule has 0 fully saturated rings. The van der Waals surface area contributed by atoms with E-state index in [9.17, 15) is 9.59 Å². The van der Waals surface area contributed by atoms with Crippen LogP contribution in [-0.4, -0.2) is 25.7 Å². The number of ether oxygens (including phenoxy) is 2. The van der Waals surface area contributed by atoms with Gasteiger partial charge in [0.15, 0.2) is 0 Å². The van der Waals surface area contributed by atoms with Crippen LogP contribution in [0.5, 0.6) is 5.75 Å². The summed E-state index contributed by atoms with van der Waals surface area (Å²) >= 11 is 0. The molecule has 2 aromatic rings. The third-order valence-corrected chi connectivity index (χ3v) is 4.05. The molecular formula is C19H20N2O4. The number of amides is 2. The number of anilines is 1. The molecule has 0 spiro atoms. The normalized spacial score (nSPS) is 16.0. The van der Waals surface area contributed by atoms with Crippen molar-refractivity contribution in [3.05, 3.63) is 59.7 Å². The van der Waals surface area contributed by atoms with Gasteiger partial charge in [-0.15, -0.1) is 0 Å². The largest absolute Gasteiger partial charge is 0.493 e. The van der Waals surface area contributed by atoms with Gasteiger partial charge in [0.05, 0.1) is 19.8 Å². The number of carbonyl (C=O) groups excluding carboxylic acids is 2. The Hall–Kier alpha value is -3.02. The minimum Gasteiger partial charge on any atom is -0.493 e. The molecule has 6 nitrogen and oxygen atoms in total. The number of benzene rings is 2. The summed E-state index contributed by atoms with van der Waals surface area (Å²) in [5.74, 6) is 0.613. The molecule has 2 N–H and O–H groups in total. The van der Waals surface area contributed by atoms with Crippen molar-refractivity contribution in [3.63, 3.8) is 0 Å². The number of rotatable bonds is 3. The minimum atomic E-state index is -0.576. The summed E-state index contributed by atoms with van der Waals surface area (Å²) in [5, 5.41) is 5.62. The molecule has 0 saturated carbocycles. The second-order valence-electron chi connectivity index (χ2n) is 5.75. The summed E-state index contributed by atoms with van der Waals surface area (Å²) in [6.07, 6.45) is 1.10. The fourth-order valence-corrected chi connectivity index (χ4v) is 2.82. The van der Waals surface area contributed by atoms with Gasteiger partial charge in [0.1, 0.15) is 5.75 Å². The van der Waals surface area contributed by atoms with Crippen molar-refractivity contribution in [1.29, 1.82) is 0 Å². The topological polar surface area (TPSA) is 76.7 Å². The van der Waals surface area contributed by atoms with Crippen molar-refractivity contribution in [2.45, 2.75) is 18.9 Å². The molecule has 0 aromatic heterocycles. The Morgan fingerprint density at radius 3 is 2.84 bits per heavy atom. The number of methoxy groups -OCH3 is 1. The van der Waals surface area contributed by atoms with Gasteiger partial charge < -0.3 is 14.8 Å². The Morgan fingerprint density at radius 1 is 1.16 bits per heavy atom. The zero-order valence-corrected chi connectivity index (χ0v) is 14.0. The lowest BCUT2D eigenvalue weighted by atomic mass is 10.0. The van der Waals surface area contributed by atoms with Crippen LogP contribution in [0.2, 0.25) is 0 Å². The molecule has 1 heterocycles. The number of para-hydroxylation sites is 1. The maximum Gasteiger partial charge on any atom is 0.411 e. The summed E-state index contributed by atoms with van der Waals surface area (Å²) in [5.41, 5.74) is 1.96. The average Bonchev–Trinajstić information content (AvgIpc) is 2.84. The van der Waals surface area contributed by atoms with Crippen molar-refractivity contribution in [1.82, 2.24) is 5.32 Å². The van der Waals surface area contributed by atoms with Crippen LogP contribution in [0.15, 0.2) is 48.5 Å². The summed E-state index contributed by atoms with van der Waals surface area (Å²) in [7, 11) is 1.29. The Labute approximate surface area is 146 Å². The molecule has 3 rings (SSSR count). The zero-order chi connectivity index (χ0) is 17.6. The smallest absolute Gasteiger partial charge is 0.411 e. The van der Waals surface area contributed by atoms with Gasteiger partial charge >= 0.3 is 6.09 Å². The summed E-state index contributed by atoms with van der Waals surface area (Å²) in [4.78, 5) is 24.0. The first kappa shape index (κ1) is 16.8. The predicted molar refractivity (Wildman–Crippen MR) is 93.8 cm³/mol. The Morgan fingerprint density at radius 2 is 2.00 bits per heavy atom. The molecule has 1 aliphatic rings. The van der Waals surface area contributed by atoms with Crippen molar-refractivity contribution < 1.29 is 19.1 Å². The van der Waals surface area contributed by atoms with Gasteiger partial charge in [0.2, 0.25) is 0 Å². The molecule has 1 atom stereocenters. The van der Waals surface area contributed by atoms with Gasteiger partial charge in [-0.1, -0.05) is 24.3 Å². The van der Waals surface area contributed by atoms with Crippen LogP contribution in [-0.2, 0) is 4.74 Å². The third-order valence-electron chi connectivity index (χ3n) is 4.05. The maximum absolute atomic E-state index is 12.6. The number of fused-ring (bicyclic) bond motifs is 1. The average molecular weight is 340 g/mol. The predicted octanol–water partition coefficient (Wildman–Crippen LogP) is 3.51. The van der Waals surface area contributed by atoms with Crippen LogP contribution < -0.4 is 15.4 Å². The summed E-state index contributed by atoms with van der Waals surface area (Å²) < 4.78 is 10.3. The van der Waals surface area contributed by atoms with Crippen molar-refractivity contribution in [3.8, 4) is 5.75 Å². The summed E-state index contributed by atoms with van der Waals surface area (Å²) in [6, 6.07) is 14.4. The van der Waals surface area contributed by atoms with Gasteiger partial charge in [-0.25, -0.2) is 4.79 Å². The molecule has 0 unspecified atom stereocenters. The van der Waals surface area contributed by atoms with Crippen LogP contribution in [0.1, 0.15) is 34.8 Å². The first-order chi connectivity index (χ1) is 12.2. The molecule has 0 aliphatic carbocycles. The van der Waals surface area contributed by atoms with E-state index < -0.39 is 6.09 Å². The molecule has 0 radical (unpaired) electrons. The molecule has 130 valence electrons. The number of hydrogen-bond donors (Lipinski definition) is 2. The number of hydrogen-bond acceptors (Lipinski definition) is 4. The minimum absolute atomic E-state index is 0.108. The van der Waals surface area contributed by atoms with Crippen molar-refractivity contribution >= 4 is 17.7 Å². The van der Waals surface area contributed by atoms with Crippen LogP contribution >= 0.6 is 0 Å². The fraction of sp³-hybridized carbons (Fsp3) is 0.263. The molecule has 2 aromatic carbocycles. The van der Waals surface area contributed by atoms with Crippen molar-refractivity contribution in [2.24, 2.45) is 0 Å². The first-order valence-corrected chi connectivity index (χ1v) is 8.15. The first-order valence-electron chi connectivity index (χ1n) is 8.15. The molecule has 25 heavy (non-hydrogen) atoms. The highest BCUT2D eigenvalue weighted by Crippen LogP contribution is 2.31. The summed E-state index contributed by atoms with van der Waals surface area (Å²) in [6.45, 7) is 0.641. The lowest BCUT2D eigenvalue weighted by Gasteiger charge is -2.18. The van der Waals surface area contributed by atoms with Gasteiger partial charge in [-0.05, 0) is 37.1 Å². The fourth-order valence-electron chi connectivity index (χ4n) is 2.82. The SMILES string of the molecule is COC(=O)Nc1cccc(C(=O)N[C@H]2CCCOc3ccccc32)c1. The number of nitrogens with one attached hydrogen (secondary N) is 2. The van der Waals surface area contributed by atoms with Crippen LogP contribution in [0.4, 0.5) is 10.5 Å². The van der Waals surface area contributed by atoms with Crippen LogP contribution in [0.25, 0.3) is 0 Å². The van der Waals surface area contributed by atoms with Gasteiger partial charge in [-0.3, -0.25) is 10.1 Å². The van der Waals surface area contributed by atoms with E-state index in [2.05, 4.69) is 15.4 Å². The lowest BCUT2D eigenvalue weighted by Crippen LogP contribution is -2.28. The Kier molecular flexibility index (Phi) is 5.18. The zero-order valence-electron chi connectivity index (χ0n) is 14.0. The van der Waals surface area contributed by atoms with E-state index in [4.69, 9.17) is 4.74 Å². The highest BCUT2D eigenvalue weighted by Gasteiger charge is 2.21. The molecule has 2 amide bonds. The van der Waals surface area contributed by atoms with Gasteiger partial charge in [-0.2, -0.15) is 0 Å². The Balaban J connectivity index is 1.76. The van der Waals surface area contributed by atoms with Crippen molar-refractivity contribution in [2.75, 3.05) is 19.0 Å². The van der Waals surface area contributed by atoms with E-state index in [1.54, 1.807) is 24.3 Å². The van der Waals surface area contributed by atoms with E-state index in [1.807, 2.05) is 24.3 Å². The molecular weight excluding hydrogens is 320 g/mol. The number of carbonyl (C=O) groups is 2. The van der Waals surface area contributed by atoms with Crippen LogP contribution in [0.3, 0.4) is 0 Å². The van der Waals surface area contributed by atoms with E-state index in [0.29, 0.717) is 17.9 Å². The monoisotopic (exact) mass is 340 g/mol. The van der Waals surface area contributed by atoms with E-state index in [1.165, 1.54) is 7.11 Å². The van der Waals surface area contributed by atoms with E-state index in [0.717, 1.165) is 24.2 Å². The lowest BCUT2D eigenvalue weighted by molar-refractivity contribution is 0.0934. The van der Waals surface area contributed by atoms with Crippen LogP contribution in [0, 0.1) is 0 Å². The van der Waals surface area contributed by atoms with Gasteiger partial charge in [0, 0.05) is 16.8 Å². The molecule has 1 aliphatic heterocycles. The van der Waals surface area contributed by atoms with E-state index in [-0.39, 0.29) is 11.9 Å². The molecule has 0 bridgehead atoms. The maximum atomic E-state index is 12.6. The van der Waals surface area contributed by atoms with Gasteiger partial charge in [0.25, 0.3) is 5.91 Å². The Bertz CT molecular complexity index is 776. The standard InChI is InChI=1S/C19H20N2O4/c1-24-19(23)20-14-7-4-6-13(12-14)18(22)21-16-9-5-11-25-17-10-3-2-8-15(16)17/h2-4,6-8,10,12,16H,5,9,11H2,1H3,(H,20,23)(H,21,22)/t16-/m0/s1. The molecule has 6 heteroatoms.